The maximum atomic E-state index is 13.6. The summed E-state index contributed by atoms with van der Waals surface area (Å²) in [6, 6.07) is 12.6. The van der Waals surface area contributed by atoms with Gasteiger partial charge < -0.3 is 10.1 Å². The molecule has 0 heterocycles. The van der Waals surface area contributed by atoms with E-state index in [1.165, 1.54) is 6.07 Å². The Bertz CT molecular complexity index is 756. The van der Waals surface area contributed by atoms with E-state index in [9.17, 15) is 9.18 Å². The van der Waals surface area contributed by atoms with Crippen LogP contribution in [0, 0.1) is 18.2 Å². The first-order chi connectivity index (χ1) is 12.1. The molecule has 3 nitrogen and oxygen atoms in total. The molecule has 2 aromatic carbocycles. The number of alkyl carbamates (subject to hydrolysis) is 1. The molecular formula is C20H19ClFNO2. The van der Waals surface area contributed by atoms with Gasteiger partial charge in [-0.2, -0.15) is 0 Å². The number of aryl methyl sites for hydroxylation is 1. The number of hydrogen-bond acceptors (Lipinski definition) is 2. The van der Waals surface area contributed by atoms with Crippen LogP contribution in [-0.2, 0) is 17.8 Å². The molecule has 0 radical (unpaired) electrons. The SMILES string of the molecule is C#Cc1cc(CCCCNC(=O)OCc2ccccc2)cc(F)c1Cl. The van der Waals surface area contributed by atoms with Gasteiger partial charge in [0.2, 0.25) is 0 Å². The quantitative estimate of drug-likeness (QED) is 0.574. The van der Waals surface area contributed by atoms with Gasteiger partial charge in [0.1, 0.15) is 12.4 Å². The van der Waals surface area contributed by atoms with Crippen LogP contribution in [0.2, 0.25) is 5.02 Å². The molecule has 0 aromatic heterocycles. The van der Waals surface area contributed by atoms with Crippen molar-refractivity contribution >= 4 is 17.7 Å². The van der Waals surface area contributed by atoms with Crippen LogP contribution >= 0.6 is 11.6 Å². The Hall–Kier alpha value is -2.51. The molecule has 0 aliphatic rings. The minimum atomic E-state index is -0.505. The zero-order valence-electron chi connectivity index (χ0n) is 13.7. The number of terminal acetylenes is 1. The van der Waals surface area contributed by atoms with Gasteiger partial charge in [0.15, 0.2) is 0 Å². The molecule has 2 aromatic rings. The molecule has 0 unspecified atom stereocenters. The first kappa shape index (κ1) is 18.8. The Kier molecular flexibility index (Phi) is 7.31. The smallest absolute Gasteiger partial charge is 0.407 e. The van der Waals surface area contributed by atoms with Crippen LogP contribution in [0.4, 0.5) is 9.18 Å². The molecule has 2 rings (SSSR count). The van der Waals surface area contributed by atoms with E-state index in [-0.39, 0.29) is 11.6 Å². The van der Waals surface area contributed by atoms with Gasteiger partial charge in [-0.1, -0.05) is 47.9 Å². The molecule has 0 atom stereocenters. The van der Waals surface area contributed by atoms with E-state index in [1.807, 2.05) is 30.3 Å². The minimum Gasteiger partial charge on any atom is -0.445 e. The summed E-state index contributed by atoms with van der Waals surface area (Å²) in [4.78, 5) is 11.6. The number of ether oxygens (including phenoxy) is 1. The summed E-state index contributed by atoms with van der Waals surface area (Å²) in [5.41, 5.74) is 2.09. The largest absolute Gasteiger partial charge is 0.445 e. The first-order valence-electron chi connectivity index (χ1n) is 7.99. The maximum absolute atomic E-state index is 13.6. The van der Waals surface area contributed by atoms with E-state index in [0.717, 1.165) is 24.0 Å². The fourth-order valence-corrected chi connectivity index (χ4v) is 2.48. The average Bonchev–Trinajstić information content (AvgIpc) is 2.63. The number of carbonyl (C=O) groups excluding carboxylic acids is 1. The van der Waals surface area contributed by atoms with Crippen LogP contribution in [0.5, 0.6) is 0 Å². The fourth-order valence-electron chi connectivity index (χ4n) is 2.31. The molecule has 0 aliphatic heterocycles. The van der Waals surface area contributed by atoms with Crippen molar-refractivity contribution in [2.75, 3.05) is 6.54 Å². The first-order valence-corrected chi connectivity index (χ1v) is 8.37. The van der Waals surface area contributed by atoms with Crippen LogP contribution in [-0.4, -0.2) is 12.6 Å². The number of hydrogen-bond donors (Lipinski definition) is 1. The van der Waals surface area contributed by atoms with E-state index < -0.39 is 11.9 Å². The molecule has 1 N–H and O–H groups in total. The number of nitrogens with one attached hydrogen (secondary N) is 1. The fraction of sp³-hybridized carbons (Fsp3) is 0.250. The molecule has 0 aliphatic carbocycles. The number of amides is 1. The molecule has 130 valence electrons. The van der Waals surface area contributed by atoms with Crippen molar-refractivity contribution in [3.05, 3.63) is 70.0 Å². The van der Waals surface area contributed by atoms with Crippen molar-refractivity contribution in [2.45, 2.75) is 25.9 Å². The molecule has 0 spiro atoms. The highest BCUT2D eigenvalue weighted by molar-refractivity contribution is 6.31. The molecular weight excluding hydrogens is 341 g/mol. The van der Waals surface area contributed by atoms with Crippen LogP contribution in [0.25, 0.3) is 0 Å². The van der Waals surface area contributed by atoms with Gasteiger partial charge in [-0.3, -0.25) is 0 Å². The number of rotatable bonds is 7. The Morgan fingerprint density at radius 2 is 1.96 bits per heavy atom. The molecule has 1 amide bonds. The molecule has 25 heavy (non-hydrogen) atoms. The lowest BCUT2D eigenvalue weighted by atomic mass is 10.0. The van der Waals surface area contributed by atoms with Crippen molar-refractivity contribution in [3.8, 4) is 12.3 Å². The highest BCUT2D eigenvalue weighted by atomic mass is 35.5. The van der Waals surface area contributed by atoms with E-state index in [1.54, 1.807) is 6.07 Å². The number of halogens is 2. The summed E-state index contributed by atoms with van der Waals surface area (Å²) in [5.74, 6) is 1.87. The van der Waals surface area contributed by atoms with Crippen molar-refractivity contribution in [3.63, 3.8) is 0 Å². The Morgan fingerprint density at radius 1 is 1.20 bits per heavy atom. The molecule has 0 saturated carbocycles. The Balaban J connectivity index is 1.66. The monoisotopic (exact) mass is 359 g/mol. The average molecular weight is 360 g/mol. The number of benzene rings is 2. The minimum absolute atomic E-state index is 0.0194. The van der Waals surface area contributed by atoms with Crippen LogP contribution in [0.15, 0.2) is 42.5 Å². The summed E-state index contributed by atoms with van der Waals surface area (Å²) in [6.07, 6.45) is 7.04. The van der Waals surface area contributed by atoms with Gasteiger partial charge in [0, 0.05) is 12.1 Å². The van der Waals surface area contributed by atoms with Crippen LogP contribution in [0.1, 0.15) is 29.5 Å². The summed E-state index contributed by atoms with van der Waals surface area (Å²) in [6.45, 7) is 0.733. The number of unbranched alkanes of at least 4 members (excludes halogenated alkanes) is 1. The van der Waals surface area contributed by atoms with Crippen molar-refractivity contribution in [1.29, 1.82) is 0 Å². The molecule has 0 bridgehead atoms. The predicted molar refractivity (Wildman–Crippen MR) is 96.9 cm³/mol. The summed E-state index contributed by atoms with van der Waals surface area (Å²) in [5, 5.41) is 2.67. The van der Waals surface area contributed by atoms with Gasteiger partial charge in [-0.05, 0) is 42.5 Å². The molecule has 0 saturated heterocycles. The van der Waals surface area contributed by atoms with Crippen LogP contribution < -0.4 is 5.32 Å². The lowest BCUT2D eigenvalue weighted by Crippen LogP contribution is -2.25. The second kappa shape index (κ2) is 9.71. The lowest BCUT2D eigenvalue weighted by molar-refractivity contribution is 0.139. The van der Waals surface area contributed by atoms with E-state index >= 15 is 0 Å². The second-order valence-corrected chi connectivity index (χ2v) is 5.91. The third-order valence-electron chi connectivity index (χ3n) is 3.62. The molecule has 5 heteroatoms. The Morgan fingerprint density at radius 3 is 2.68 bits per heavy atom. The van der Waals surface area contributed by atoms with Crippen molar-refractivity contribution in [2.24, 2.45) is 0 Å². The van der Waals surface area contributed by atoms with Gasteiger partial charge >= 0.3 is 6.09 Å². The number of carbonyl (C=O) groups is 1. The second-order valence-electron chi connectivity index (χ2n) is 5.53. The van der Waals surface area contributed by atoms with E-state index in [0.29, 0.717) is 18.5 Å². The van der Waals surface area contributed by atoms with Crippen LogP contribution in [0.3, 0.4) is 0 Å². The highest BCUT2D eigenvalue weighted by Gasteiger charge is 2.07. The lowest BCUT2D eigenvalue weighted by Gasteiger charge is -2.08. The summed E-state index contributed by atoms with van der Waals surface area (Å²) >= 11 is 5.78. The molecule has 0 fully saturated rings. The van der Waals surface area contributed by atoms with Gasteiger partial charge in [0.25, 0.3) is 0 Å². The zero-order valence-corrected chi connectivity index (χ0v) is 14.5. The topological polar surface area (TPSA) is 38.3 Å². The zero-order chi connectivity index (χ0) is 18.1. The van der Waals surface area contributed by atoms with Gasteiger partial charge in [-0.25, -0.2) is 9.18 Å². The third-order valence-corrected chi connectivity index (χ3v) is 4.00. The predicted octanol–water partition coefficient (Wildman–Crippen LogP) is 4.71. The Labute approximate surface area is 152 Å². The normalized spacial score (nSPS) is 10.1. The van der Waals surface area contributed by atoms with Crippen molar-refractivity contribution in [1.82, 2.24) is 5.32 Å². The maximum Gasteiger partial charge on any atom is 0.407 e. The summed E-state index contributed by atoms with van der Waals surface area (Å²) in [7, 11) is 0. The highest BCUT2D eigenvalue weighted by Crippen LogP contribution is 2.22. The van der Waals surface area contributed by atoms with Gasteiger partial charge in [-0.15, -0.1) is 6.42 Å². The van der Waals surface area contributed by atoms with E-state index in [4.69, 9.17) is 22.8 Å². The standard InChI is InChI=1S/C20H19ClFNO2/c1-2-17-12-16(13-18(22)19(17)21)10-6-7-11-23-20(24)25-14-15-8-4-3-5-9-15/h1,3-5,8-9,12-13H,6-7,10-11,14H2,(H,23,24). The summed E-state index contributed by atoms with van der Waals surface area (Å²) < 4.78 is 18.7. The van der Waals surface area contributed by atoms with Gasteiger partial charge in [0.05, 0.1) is 5.02 Å². The van der Waals surface area contributed by atoms with E-state index in [2.05, 4.69) is 11.2 Å². The third kappa shape index (κ3) is 6.13. The van der Waals surface area contributed by atoms with Crippen molar-refractivity contribution < 1.29 is 13.9 Å².